The van der Waals surface area contributed by atoms with Gasteiger partial charge in [0.25, 0.3) is 5.91 Å². The number of imidazole rings is 1. The second kappa shape index (κ2) is 9.26. The van der Waals surface area contributed by atoms with Crippen LogP contribution in [0.15, 0.2) is 91.3 Å². The van der Waals surface area contributed by atoms with E-state index < -0.39 is 6.04 Å². The highest BCUT2D eigenvalue weighted by molar-refractivity contribution is 5.79. The number of para-hydroxylation sites is 1. The Labute approximate surface area is 180 Å². The van der Waals surface area contributed by atoms with Gasteiger partial charge in [0.2, 0.25) is 0 Å². The van der Waals surface area contributed by atoms with Crippen molar-refractivity contribution in [1.82, 2.24) is 14.9 Å². The number of benzene rings is 3. The Bertz CT molecular complexity index is 1160. The van der Waals surface area contributed by atoms with Crippen molar-refractivity contribution in [3.05, 3.63) is 108 Å². The van der Waals surface area contributed by atoms with Crippen LogP contribution in [0.2, 0.25) is 0 Å². The van der Waals surface area contributed by atoms with Crippen LogP contribution in [0.3, 0.4) is 0 Å². The molecule has 1 unspecified atom stereocenters. The van der Waals surface area contributed by atoms with Gasteiger partial charge in [-0.1, -0.05) is 60.7 Å². The van der Waals surface area contributed by atoms with E-state index in [2.05, 4.69) is 10.3 Å². The fraction of sp³-hybridized carbons (Fsp3) is 0.120. The molecule has 156 valence electrons. The molecule has 4 aromatic rings. The van der Waals surface area contributed by atoms with Gasteiger partial charge in [0.1, 0.15) is 23.4 Å². The average Bonchev–Trinajstić information content (AvgIpc) is 3.23. The maximum Gasteiger partial charge on any atom is 0.258 e. The number of carbonyl (C=O) groups excluding carboxylic acids is 1. The molecule has 0 saturated heterocycles. The summed E-state index contributed by atoms with van der Waals surface area (Å²) in [4.78, 5) is 17.1. The van der Waals surface area contributed by atoms with Gasteiger partial charge in [0.15, 0.2) is 6.61 Å². The van der Waals surface area contributed by atoms with Crippen molar-refractivity contribution in [2.45, 2.75) is 6.04 Å². The molecule has 0 spiro atoms. The molecule has 0 radical (unpaired) electrons. The Morgan fingerprint density at radius 1 is 1.03 bits per heavy atom. The molecule has 0 aliphatic heterocycles. The van der Waals surface area contributed by atoms with Gasteiger partial charge in [-0.3, -0.25) is 4.79 Å². The molecule has 0 aliphatic rings. The van der Waals surface area contributed by atoms with E-state index in [1.165, 1.54) is 12.1 Å². The lowest BCUT2D eigenvalue weighted by Gasteiger charge is -2.20. The first kappa shape index (κ1) is 20.3. The number of ether oxygens (including phenoxy) is 1. The SMILES string of the molecule is Cn1ccnc1C(NC(=O)COc1ccccc1-c1ccccc1)c1ccc(F)cc1. The summed E-state index contributed by atoms with van der Waals surface area (Å²) in [6, 6.07) is 22.9. The monoisotopic (exact) mass is 415 g/mol. The van der Waals surface area contributed by atoms with Crippen LogP contribution in [0.25, 0.3) is 11.1 Å². The maximum atomic E-state index is 13.4. The third-order valence-electron chi connectivity index (χ3n) is 4.96. The van der Waals surface area contributed by atoms with E-state index in [9.17, 15) is 9.18 Å². The van der Waals surface area contributed by atoms with Crippen LogP contribution < -0.4 is 10.1 Å². The molecular weight excluding hydrogens is 393 g/mol. The molecule has 0 fully saturated rings. The number of carbonyl (C=O) groups is 1. The Morgan fingerprint density at radius 2 is 1.74 bits per heavy atom. The number of nitrogens with one attached hydrogen (secondary N) is 1. The average molecular weight is 415 g/mol. The second-order valence-electron chi connectivity index (χ2n) is 7.10. The standard InChI is InChI=1S/C25H22FN3O2/c1-29-16-15-27-25(29)24(19-11-13-20(26)14-12-19)28-23(30)17-31-22-10-6-5-9-21(22)18-7-3-2-4-8-18/h2-16,24H,17H2,1H3,(H,28,30). The molecule has 0 aliphatic carbocycles. The van der Waals surface area contributed by atoms with Gasteiger partial charge in [0.05, 0.1) is 0 Å². The Kier molecular flexibility index (Phi) is 6.08. The largest absolute Gasteiger partial charge is 0.483 e. The minimum Gasteiger partial charge on any atom is -0.483 e. The minimum absolute atomic E-state index is 0.161. The molecule has 1 aromatic heterocycles. The van der Waals surface area contributed by atoms with Gasteiger partial charge < -0.3 is 14.6 Å². The molecule has 0 saturated carbocycles. The topological polar surface area (TPSA) is 56.2 Å². The number of hydrogen-bond acceptors (Lipinski definition) is 3. The van der Waals surface area contributed by atoms with E-state index in [-0.39, 0.29) is 18.3 Å². The molecule has 4 rings (SSSR count). The van der Waals surface area contributed by atoms with Gasteiger partial charge >= 0.3 is 0 Å². The van der Waals surface area contributed by atoms with Crippen molar-refractivity contribution in [3.63, 3.8) is 0 Å². The molecule has 5 nitrogen and oxygen atoms in total. The summed E-state index contributed by atoms with van der Waals surface area (Å²) in [5, 5.41) is 2.96. The van der Waals surface area contributed by atoms with E-state index in [1.807, 2.05) is 66.2 Å². The summed E-state index contributed by atoms with van der Waals surface area (Å²) in [6.45, 7) is -0.161. The van der Waals surface area contributed by atoms with Gasteiger partial charge in [0, 0.05) is 25.0 Å². The first-order chi connectivity index (χ1) is 15.1. The maximum absolute atomic E-state index is 13.4. The quantitative estimate of drug-likeness (QED) is 0.483. The zero-order valence-corrected chi connectivity index (χ0v) is 17.0. The Hall–Kier alpha value is -3.93. The highest BCUT2D eigenvalue weighted by Gasteiger charge is 2.21. The van der Waals surface area contributed by atoms with Crippen LogP contribution >= 0.6 is 0 Å². The summed E-state index contributed by atoms with van der Waals surface area (Å²) in [5.41, 5.74) is 2.65. The predicted octanol–water partition coefficient (Wildman–Crippen LogP) is 4.51. The number of halogens is 1. The summed E-state index contributed by atoms with van der Waals surface area (Å²) >= 11 is 0. The lowest BCUT2D eigenvalue weighted by atomic mass is 10.0. The summed E-state index contributed by atoms with van der Waals surface area (Å²) in [5.74, 6) is 0.624. The molecular formula is C25H22FN3O2. The normalized spacial score (nSPS) is 11.7. The fourth-order valence-corrected chi connectivity index (χ4v) is 3.40. The molecule has 1 heterocycles. The zero-order valence-electron chi connectivity index (χ0n) is 17.0. The van der Waals surface area contributed by atoms with Gasteiger partial charge in [-0.15, -0.1) is 0 Å². The second-order valence-corrected chi connectivity index (χ2v) is 7.10. The molecule has 0 bridgehead atoms. The van der Waals surface area contributed by atoms with Crippen molar-refractivity contribution in [1.29, 1.82) is 0 Å². The van der Waals surface area contributed by atoms with E-state index in [1.54, 1.807) is 24.5 Å². The number of rotatable bonds is 7. The van der Waals surface area contributed by atoms with E-state index in [0.717, 1.165) is 16.7 Å². The van der Waals surface area contributed by atoms with Crippen LogP contribution in [0, 0.1) is 5.82 Å². The molecule has 3 aromatic carbocycles. The molecule has 1 N–H and O–H groups in total. The van der Waals surface area contributed by atoms with Crippen molar-refractivity contribution in [2.75, 3.05) is 6.61 Å². The highest BCUT2D eigenvalue weighted by Crippen LogP contribution is 2.29. The lowest BCUT2D eigenvalue weighted by molar-refractivity contribution is -0.123. The van der Waals surface area contributed by atoms with E-state index in [0.29, 0.717) is 11.6 Å². The van der Waals surface area contributed by atoms with Crippen LogP contribution in [-0.2, 0) is 11.8 Å². The molecule has 1 amide bonds. The van der Waals surface area contributed by atoms with Gasteiger partial charge in [-0.05, 0) is 29.3 Å². The summed E-state index contributed by atoms with van der Waals surface area (Å²) in [6.07, 6.45) is 3.45. The number of aryl methyl sites for hydroxylation is 1. The van der Waals surface area contributed by atoms with Crippen molar-refractivity contribution in [2.24, 2.45) is 7.05 Å². The molecule has 1 atom stereocenters. The third-order valence-corrected chi connectivity index (χ3v) is 4.96. The summed E-state index contributed by atoms with van der Waals surface area (Å²) < 4.78 is 21.1. The van der Waals surface area contributed by atoms with Crippen molar-refractivity contribution in [3.8, 4) is 16.9 Å². The number of hydrogen-bond donors (Lipinski definition) is 1. The van der Waals surface area contributed by atoms with Crippen molar-refractivity contribution < 1.29 is 13.9 Å². The first-order valence-electron chi connectivity index (χ1n) is 9.91. The smallest absolute Gasteiger partial charge is 0.258 e. The van der Waals surface area contributed by atoms with Gasteiger partial charge in [-0.2, -0.15) is 0 Å². The third kappa shape index (κ3) is 4.80. The highest BCUT2D eigenvalue weighted by atomic mass is 19.1. The van der Waals surface area contributed by atoms with Crippen LogP contribution in [0.1, 0.15) is 17.4 Å². The fourth-order valence-electron chi connectivity index (χ4n) is 3.40. The summed E-state index contributed by atoms with van der Waals surface area (Å²) in [7, 11) is 1.84. The predicted molar refractivity (Wildman–Crippen MR) is 117 cm³/mol. The minimum atomic E-state index is -0.527. The molecule has 6 heteroatoms. The van der Waals surface area contributed by atoms with Gasteiger partial charge in [-0.25, -0.2) is 9.37 Å². The number of aromatic nitrogens is 2. The van der Waals surface area contributed by atoms with Crippen LogP contribution in [0.5, 0.6) is 5.75 Å². The van der Waals surface area contributed by atoms with E-state index in [4.69, 9.17) is 4.74 Å². The van der Waals surface area contributed by atoms with Crippen molar-refractivity contribution >= 4 is 5.91 Å². The number of nitrogens with zero attached hydrogens (tertiary/aromatic N) is 2. The van der Waals surface area contributed by atoms with Crippen LogP contribution in [0.4, 0.5) is 4.39 Å². The molecule has 31 heavy (non-hydrogen) atoms. The van der Waals surface area contributed by atoms with E-state index >= 15 is 0 Å². The number of amides is 1. The first-order valence-corrected chi connectivity index (χ1v) is 9.91. The van der Waals surface area contributed by atoms with Crippen LogP contribution in [-0.4, -0.2) is 22.1 Å². The zero-order chi connectivity index (χ0) is 21.6. The Morgan fingerprint density at radius 3 is 2.45 bits per heavy atom. The Balaban J connectivity index is 1.51. The lowest BCUT2D eigenvalue weighted by Crippen LogP contribution is -2.34.